The van der Waals surface area contributed by atoms with Crippen molar-refractivity contribution in [3.8, 4) is 0 Å². The van der Waals surface area contributed by atoms with Gasteiger partial charge in [-0.25, -0.2) is 23.3 Å². The topological polar surface area (TPSA) is 125 Å². The van der Waals surface area contributed by atoms with Gasteiger partial charge in [0.25, 0.3) is 0 Å². The zero-order chi connectivity index (χ0) is 28.2. The summed E-state index contributed by atoms with van der Waals surface area (Å²) in [5, 5.41) is 2.35. The first-order chi connectivity index (χ1) is 18.6. The monoisotopic (exact) mass is 574 g/mol. The minimum Gasteiger partial charge on any atom is -0.325 e. The summed E-state index contributed by atoms with van der Waals surface area (Å²) in [7, 11) is -2.93. The molecule has 2 heterocycles. The fourth-order valence-corrected chi connectivity index (χ4v) is 5.72. The SMILES string of the molecule is CCN(c1cccnc1)S(=O)(=O)NC(=O)N[C@@H](Cc1cc(F)cc(F)c1)C(=O)N(C)c1ccc2scnc2c1. The smallest absolute Gasteiger partial charge is 0.325 e. The minimum atomic E-state index is -4.39. The van der Waals surface area contributed by atoms with Crippen LogP contribution in [0, 0.1) is 11.6 Å². The van der Waals surface area contributed by atoms with Crippen LogP contribution < -0.4 is 19.2 Å². The van der Waals surface area contributed by atoms with Crippen molar-refractivity contribution in [2.45, 2.75) is 19.4 Å². The Morgan fingerprint density at radius 3 is 2.49 bits per heavy atom. The average Bonchev–Trinajstić information content (AvgIpc) is 3.35. The first-order valence-corrected chi connectivity index (χ1v) is 14.0. The molecule has 0 saturated carbocycles. The molecular weight excluding hydrogens is 550 g/mol. The number of halogens is 2. The van der Waals surface area contributed by atoms with E-state index in [1.807, 2.05) is 4.72 Å². The molecule has 39 heavy (non-hydrogen) atoms. The highest BCUT2D eigenvalue weighted by Crippen LogP contribution is 2.24. The molecule has 1 atom stereocenters. The van der Waals surface area contributed by atoms with Crippen LogP contribution in [0.2, 0.25) is 0 Å². The minimum absolute atomic E-state index is 0.0128. The molecule has 0 aliphatic heterocycles. The quantitative estimate of drug-likeness (QED) is 0.315. The van der Waals surface area contributed by atoms with E-state index in [9.17, 15) is 26.8 Å². The number of nitrogens with one attached hydrogen (secondary N) is 2. The molecule has 0 unspecified atom stereocenters. The van der Waals surface area contributed by atoms with Gasteiger partial charge in [0, 0.05) is 38.0 Å². The lowest BCUT2D eigenvalue weighted by molar-refractivity contribution is -0.120. The summed E-state index contributed by atoms with van der Waals surface area (Å²) in [6.07, 6.45) is 2.47. The normalized spacial score (nSPS) is 12.1. The number of amides is 3. The molecule has 0 aliphatic carbocycles. The molecule has 0 bridgehead atoms. The molecule has 4 aromatic rings. The zero-order valence-corrected chi connectivity index (χ0v) is 22.5. The van der Waals surface area contributed by atoms with Crippen molar-refractivity contribution < 1.29 is 26.8 Å². The predicted molar refractivity (Wildman–Crippen MR) is 145 cm³/mol. The molecule has 0 fully saturated rings. The van der Waals surface area contributed by atoms with Crippen molar-refractivity contribution in [2.75, 3.05) is 22.8 Å². The number of anilines is 2. The molecule has 0 radical (unpaired) electrons. The van der Waals surface area contributed by atoms with Crippen LogP contribution in [0.3, 0.4) is 0 Å². The van der Waals surface area contributed by atoms with Crippen LogP contribution >= 0.6 is 11.3 Å². The Kier molecular flexibility index (Phi) is 8.35. The van der Waals surface area contributed by atoms with Gasteiger partial charge in [0.15, 0.2) is 0 Å². The second-order valence-corrected chi connectivity index (χ2v) is 10.9. The van der Waals surface area contributed by atoms with Crippen molar-refractivity contribution in [2.24, 2.45) is 0 Å². The Morgan fingerprint density at radius 2 is 1.82 bits per heavy atom. The molecule has 2 N–H and O–H groups in total. The number of nitrogens with zero attached hydrogens (tertiary/aromatic N) is 4. The van der Waals surface area contributed by atoms with Crippen LogP contribution in [-0.4, -0.2) is 50.0 Å². The molecule has 14 heteroatoms. The van der Waals surface area contributed by atoms with Gasteiger partial charge in [0.1, 0.15) is 17.7 Å². The first-order valence-electron chi connectivity index (χ1n) is 11.6. The van der Waals surface area contributed by atoms with E-state index in [1.165, 1.54) is 41.7 Å². The third kappa shape index (κ3) is 6.64. The third-order valence-electron chi connectivity index (χ3n) is 5.73. The van der Waals surface area contributed by atoms with Crippen LogP contribution in [0.5, 0.6) is 0 Å². The Labute approximate surface area is 227 Å². The maximum absolute atomic E-state index is 13.9. The van der Waals surface area contributed by atoms with Gasteiger partial charge in [-0.2, -0.15) is 8.42 Å². The van der Waals surface area contributed by atoms with Gasteiger partial charge in [0.2, 0.25) is 5.91 Å². The lowest BCUT2D eigenvalue weighted by atomic mass is 10.0. The van der Waals surface area contributed by atoms with Crippen LogP contribution in [0.4, 0.5) is 25.0 Å². The fraction of sp³-hybridized carbons (Fsp3) is 0.200. The highest BCUT2D eigenvalue weighted by atomic mass is 32.2. The van der Waals surface area contributed by atoms with Gasteiger partial charge in [-0.1, -0.05) is 0 Å². The standard InChI is InChI=1S/C25H24F2N6O4S2/c1-3-33(20-5-4-8-28-14-20)39(36,37)31-25(35)30-22(11-16-9-17(26)12-18(27)10-16)24(34)32(2)19-6-7-23-21(13-19)29-15-38-23/h4-10,12-15,22H,3,11H2,1-2H3,(H2,30,31,35)/t22-/m0/s1. The summed E-state index contributed by atoms with van der Waals surface area (Å²) in [6.45, 7) is 1.56. The first kappa shape index (κ1) is 27.9. The van der Waals surface area contributed by atoms with Crippen LogP contribution in [0.15, 0.2) is 66.4 Å². The fourth-order valence-electron chi connectivity index (χ4n) is 3.93. The molecule has 2 aromatic heterocycles. The second-order valence-electron chi connectivity index (χ2n) is 8.39. The van der Waals surface area contributed by atoms with E-state index in [2.05, 4.69) is 15.3 Å². The lowest BCUT2D eigenvalue weighted by Crippen LogP contribution is -2.54. The van der Waals surface area contributed by atoms with Gasteiger partial charge < -0.3 is 10.2 Å². The van der Waals surface area contributed by atoms with Gasteiger partial charge in [0.05, 0.1) is 27.6 Å². The largest absolute Gasteiger partial charge is 0.330 e. The Bertz CT molecular complexity index is 1580. The number of carbonyl (C=O) groups excluding carboxylic acids is 2. The lowest BCUT2D eigenvalue weighted by Gasteiger charge is -2.26. The Balaban J connectivity index is 1.58. The molecule has 3 amide bonds. The van der Waals surface area contributed by atoms with E-state index < -0.39 is 39.8 Å². The van der Waals surface area contributed by atoms with Crippen LogP contribution in [0.25, 0.3) is 10.2 Å². The van der Waals surface area contributed by atoms with E-state index >= 15 is 0 Å². The number of pyridine rings is 1. The van der Waals surface area contributed by atoms with Crippen molar-refractivity contribution in [1.29, 1.82) is 0 Å². The number of thiazole rings is 1. The third-order valence-corrected chi connectivity index (χ3v) is 8.03. The number of hydrogen-bond acceptors (Lipinski definition) is 7. The average molecular weight is 575 g/mol. The number of likely N-dealkylation sites (N-methyl/N-ethyl adjacent to an activating group) is 1. The number of benzene rings is 2. The molecule has 4 rings (SSSR count). The molecule has 0 aliphatic rings. The molecule has 2 aromatic carbocycles. The molecule has 10 nitrogen and oxygen atoms in total. The van der Waals surface area contributed by atoms with Gasteiger partial charge in [-0.3, -0.25) is 14.1 Å². The van der Waals surface area contributed by atoms with Gasteiger partial charge in [-0.15, -0.1) is 11.3 Å². The summed E-state index contributed by atoms with van der Waals surface area (Å²) >= 11 is 1.43. The second kappa shape index (κ2) is 11.7. The summed E-state index contributed by atoms with van der Waals surface area (Å²) in [5.74, 6) is -2.37. The van der Waals surface area contributed by atoms with E-state index in [1.54, 1.807) is 36.7 Å². The van der Waals surface area contributed by atoms with E-state index in [0.29, 0.717) is 17.3 Å². The molecule has 0 saturated heterocycles. The number of urea groups is 1. The molecule has 0 spiro atoms. The summed E-state index contributed by atoms with van der Waals surface area (Å²) < 4.78 is 57.4. The van der Waals surface area contributed by atoms with Gasteiger partial charge in [-0.05, 0) is 55.0 Å². The Morgan fingerprint density at radius 1 is 1.08 bits per heavy atom. The highest BCUT2D eigenvalue weighted by molar-refractivity contribution is 7.91. The maximum atomic E-state index is 13.9. The van der Waals surface area contributed by atoms with Crippen molar-refractivity contribution in [3.63, 3.8) is 0 Å². The van der Waals surface area contributed by atoms with Crippen LogP contribution in [-0.2, 0) is 21.4 Å². The number of aromatic nitrogens is 2. The molecule has 204 valence electrons. The van der Waals surface area contributed by atoms with E-state index in [4.69, 9.17) is 0 Å². The predicted octanol–water partition coefficient (Wildman–Crippen LogP) is 3.61. The summed E-state index contributed by atoms with van der Waals surface area (Å²) in [4.78, 5) is 35.8. The number of hydrogen-bond donors (Lipinski definition) is 2. The molecular formula is C25H24F2N6O4S2. The summed E-state index contributed by atoms with van der Waals surface area (Å²) in [5.41, 5.74) is 3.09. The van der Waals surface area contributed by atoms with E-state index in [-0.39, 0.29) is 24.2 Å². The van der Waals surface area contributed by atoms with Crippen LogP contribution in [0.1, 0.15) is 12.5 Å². The van der Waals surface area contributed by atoms with Crippen molar-refractivity contribution >= 4 is 55.1 Å². The van der Waals surface area contributed by atoms with Crippen molar-refractivity contribution in [3.05, 3.63) is 83.6 Å². The summed E-state index contributed by atoms with van der Waals surface area (Å²) in [6, 6.07) is 8.36. The Hall–Kier alpha value is -4.17. The number of fused-ring (bicyclic) bond motifs is 1. The van der Waals surface area contributed by atoms with Crippen molar-refractivity contribution in [1.82, 2.24) is 20.0 Å². The number of rotatable bonds is 9. The zero-order valence-electron chi connectivity index (χ0n) is 20.8. The maximum Gasteiger partial charge on any atom is 0.330 e. The highest BCUT2D eigenvalue weighted by Gasteiger charge is 2.29. The van der Waals surface area contributed by atoms with Gasteiger partial charge >= 0.3 is 16.2 Å². The number of carbonyl (C=O) groups is 2. The van der Waals surface area contributed by atoms with E-state index in [0.717, 1.165) is 21.1 Å².